The zero-order valence-corrected chi connectivity index (χ0v) is 17.7. The Morgan fingerprint density at radius 1 is 1.22 bits per heavy atom. The van der Waals surface area contributed by atoms with Crippen molar-refractivity contribution in [2.75, 3.05) is 32.6 Å². The number of nitrogens with zero attached hydrogens (tertiary/aromatic N) is 7. The van der Waals surface area contributed by atoms with Crippen LogP contribution in [-0.2, 0) is 0 Å². The monoisotopic (exact) mass is 430 g/mol. The van der Waals surface area contributed by atoms with Crippen LogP contribution in [-0.4, -0.2) is 68.3 Å². The van der Waals surface area contributed by atoms with Gasteiger partial charge >= 0.3 is 0 Å². The number of aromatic nitrogens is 5. The van der Waals surface area contributed by atoms with E-state index in [1.54, 1.807) is 29.1 Å². The van der Waals surface area contributed by atoms with Crippen molar-refractivity contribution < 1.29 is 9.84 Å². The molecule has 1 atom stereocenters. The highest BCUT2D eigenvalue weighted by atomic mass is 16.5. The van der Waals surface area contributed by atoms with Crippen LogP contribution < -0.4 is 10.1 Å². The smallest absolute Gasteiger partial charge is 0.229 e. The van der Waals surface area contributed by atoms with Crippen molar-refractivity contribution in [2.24, 2.45) is 0 Å². The standard InChI is InChI=1S/C22H22N8O2/c1-29(2)13-18(31)14-32-19-8-6-16(7-9-19)25-22-24-12-20-21(26-22)30(28-27-20)17-5-3-4-15(10-17)11-23/h3-10,12,18,31H,13-14H2,1-2H3,(H,24,25,26). The Labute approximate surface area is 184 Å². The van der Waals surface area contributed by atoms with E-state index >= 15 is 0 Å². The van der Waals surface area contributed by atoms with Crippen LogP contribution in [0.3, 0.4) is 0 Å². The van der Waals surface area contributed by atoms with Gasteiger partial charge in [-0.15, -0.1) is 5.10 Å². The summed E-state index contributed by atoms with van der Waals surface area (Å²) in [6.45, 7) is 0.750. The van der Waals surface area contributed by atoms with Crippen LogP contribution in [0.1, 0.15) is 5.56 Å². The van der Waals surface area contributed by atoms with Crippen molar-refractivity contribution >= 4 is 22.8 Å². The van der Waals surface area contributed by atoms with Crippen LogP contribution in [0.25, 0.3) is 16.9 Å². The van der Waals surface area contributed by atoms with Crippen LogP contribution >= 0.6 is 0 Å². The molecule has 0 aliphatic rings. The Morgan fingerprint density at radius 2 is 2.03 bits per heavy atom. The van der Waals surface area contributed by atoms with Crippen molar-refractivity contribution in [2.45, 2.75) is 6.10 Å². The first kappa shape index (κ1) is 21.2. The molecule has 10 heteroatoms. The van der Waals surface area contributed by atoms with Gasteiger partial charge in [0.15, 0.2) is 11.2 Å². The van der Waals surface area contributed by atoms with Crippen molar-refractivity contribution in [1.29, 1.82) is 5.26 Å². The maximum Gasteiger partial charge on any atom is 0.229 e. The molecule has 0 amide bonds. The Hall–Kier alpha value is -4.07. The lowest BCUT2D eigenvalue weighted by Gasteiger charge is -2.16. The van der Waals surface area contributed by atoms with E-state index in [1.807, 2.05) is 49.3 Å². The summed E-state index contributed by atoms with van der Waals surface area (Å²) in [5.41, 5.74) is 3.05. The first-order valence-corrected chi connectivity index (χ1v) is 9.93. The van der Waals surface area contributed by atoms with Crippen LogP contribution in [0.5, 0.6) is 5.75 Å². The molecule has 0 saturated heterocycles. The summed E-state index contributed by atoms with van der Waals surface area (Å²) < 4.78 is 7.19. The fraction of sp³-hybridized carbons (Fsp3) is 0.227. The summed E-state index contributed by atoms with van der Waals surface area (Å²) in [5.74, 6) is 1.04. The van der Waals surface area contributed by atoms with Gasteiger partial charge in [0.2, 0.25) is 5.95 Å². The molecule has 1 unspecified atom stereocenters. The molecule has 162 valence electrons. The third-order valence-electron chi connectivity index (χ3n) is 4.54. The lowest BCUT2D eigenvalue weighted by Crippen LogP contribution is -2.30. The minimum atomic E-state index is -0.560. The highest BCUT2D eigenvalue weighted by Crippen LogP contribution is 2.21. The third kappa shape index (κ3) is 4.97. The normalized spacial score (nSPS) is 12.0. The van der Waals surface area contributed by atoms with Gasteiger partial charge in [0, 0.05) is 12.2 Å². The van der Waals surface area contributed by atoms with E-state index in [-0.39, 0.29) is 6.61 Å². The Balaban J connectivity index is 1.48. The maximum absolute atomic E-state index is 9.91. The molecule has 32 heavy (non-hydrogen) atoms. The van der Waals surface area contributed by atoms with Gasteiger partial charge in [-0.3, -0.25) is 0 Å². The highest BCUT2D eigenvalue weighted by Gasteiger charge is 2.11. The minimum absolute atomic E-state index is 0.217. The number of rotatable bonds is 8. The van der Waals surface area contributed by atoms with Crippen LogP contribution in [0.2, 0.25) is 0 Å². The Morgan fingerprint density at radius 3 is 2.78 bits per heavy atom. The van der Waals surface area contributed by atoms with Crippen LogP contribution in [0, 0.1) is 11.3 Å². The minimum Gasteiger partial charge on any atom is -0.491 e. The van der Waals surface area contributed by atoms with Crippen LogP contribution in [0.15, 0.2) is 54.7 Å². The first-order valence-electron chi connectivity index (χ1n) is 9.93. The van der Waals surface area contributed by atoms with E-state index in [4.69, 9.17) is 10.00 Å². The molecule has 0 aliphatic carbocycles. The van der Waals surface area contributed by atoms with Gasteiger partial charge in [0.05, 0.1) is 23.5 Å². The summed E-state index contributed by atoms with van der Waals surface area (Å²) in [7, 11) is 3.80. The molecule has 0 saturated carbocycles. The molecular weight excluding hydrogens is 408 g/mol. The number of ether oxygens (including phenoxy) is 1. The molecule has 2 N–H and O–H groups in total. The number of aliphatic hydroxyl groups excluding tert-OH is 1. The summed E-state index contributed by atoms with van der Waals surface area (Å²) >= 11 is 0. The van der Waals surface area contributed by atoms with Gasteiger partial charge in [0.25, 0.3) is 0 Å². The highest BCUT2D eigenvalue weighted by molar-refractivity contribution is 5.73. The quantitative estimate of drug-likeness (QED) is 0.432. The second-order valence-electron chi connectivity index (χ2n) is 7.44. The number of aliphatic hydroxyl groups is 1. The van der Waals surface area contributed by atoms with Crippen molar-refractivity contribution in [3.63, 3.8) is 0 Å². The number of nitrogens with one attached hydrogen (secondary N) is 1. The summed E-state index contributed by atoms with van der Waals surface area (Å²) in [5, 5.41) is 30.4. The zero-order valence-electron chi connectivity index (χ0n) is 17.7. The number of likely N-dealkylation sites (N-methyl/N-ethyl adjacent to an activating group) is 1. The molecule has 2 heterocycles. The average Bonchev–Trinajstić information content (AvgIpc) is 3.21. The molecule has 0 aliphatic heterocycles. The summed E-state index contributed by atoms with van der Waals surface area (Å²) in [6.07, 6.45) is 1.03. The summed E-state index contributed by atoms with van der Waals surface area (Å²) in [4.78, 5) is 10.7. The Bertz CT molecular complexity index is 1250. The second-order valence-corrected chi connectivity index (χ2v) is 7.44. The molecule has 2 aromatic heterocycles. The van der Waals surface area contributed by atoms with E-state index in [2.05, 4.69) is 31.7 Å². The SMILES string of the molecule is CN(C)CC(O)COc1ccc(Nc2ncc3nnn(-c4cccc(C#N)c4)c3n2)cc1. The number of hydrogen-bond donors (Lipinski definition) is 2. The van der Waals surface area contributed by atoms with Crippen LogP contribution in [0.4, 0.5) is 11.6 Å². The molecule has 4 rings (SSSR count). The molecule has 2 aromatic carbocycles. The predicted octanol–water partition coefficient (Wildman–Crippen LogP) is 2.13. The zero-order chi connectivity index (χ0) is 22.5. The van der Waals surface area contributed by atoms with Gasteiger partial charge in [-0.05, 0) is 56.6 Å². The number of hydrogen-bond acceptors (Lipinski definition) is 9. The Kier molecular flexibility index (Phi) is 6.21. The lowest BCUT2D eigenvalue weighted by atomic mass is 10.2. The fourth-order valence-electron chi connectivity index (χ4n) is 3.10. The molecule has 0 fully saturated rings. The van der Waals surface area contributed by atoms with E-state index in [0.717, 1.165) is 5.69 Å². The van der Waals surface area contributed by atoms with Gasteiger partial charge in [0.1, 0.15) is 18.5 Å². The number of anilines is 2. The molecule has 0 spiro atoms. The van der Waals surface area contributed by atoms with Gasteiger partial charge in [-0.1, -0.05) is 11.3 Å². The molecule has 0 radical (unpaired) electrons. The summed E-state index contributed by atoms with van der Waals surface area (Å²) in [6, 6.07) is 16.5. The van der Waals surface area contributed by atoms with Crippen molar-refractivity contribution in [3.8, 4) is 17.5 Å². The van der Waals surface area contributed by atoms with Crippen molar-refractivity contribution in [3.05, 3.63) is 60.3 Å². The third-order valence-corrected chi connectivity index (χ3v) is 4.54. The van der Waals surface area contributed by atoms with E-state index < -0.39 is 6.10 Å². The van der Waals surface area contributed by atoms with E-state index in [1.165, 1.54) is 0 Å². The molecule has 0 bridgehead atoms. The van der Waals surface area contributed by atoms with Gasteiger partial charge in [-0.25, -0.2) is 4.98 Å². The molecular formula is C22H22N8O2. The fourth-order valence-corrected chi connectivity index (χ4v) is 3.10. The van der Waals surface area contributed by atoms with Gasteiger partial charge < -0.3 is 20.1 Å². The van der Waals surface area contributed by atoms with E-state index in [9.17, 15) is 5.11 Å². The first-order chi connectivity index (χ1) is 15.5. The number of fused-ring (bicyclic) bond motifs is 1. The largest absolute Gasteiger partial charge is 0.491 e. The molecule has 10 nitrogen and oxygen atoms in total. The lowest BCUT2D eigenvalue weighted by molar-refractivity contribution is 0.0831. The van der Waals surface area contributed by atoms with Crippen molar-refractivity contribution in [1.82, 2.24) is 29.9 Å². The average molecular weight is 430 g/mol. The van der Waals surface area contributed by atoms with E-state index in [0.29, 0.717) is 40.7 Å². The van der Waals surface area contributed by atoms with Gasteiger partial charge in [-0.2, -0.15) is 14.9 Å². The predicted molar refractivity (Wildman–Crippen MR) is 119 cm³/mol. The maximum atomic E-state index is 9.91. The number of nitriles is 1. The second kappa shape index (κ2) is 9.38. The topological polar surface area (TPSA) is 125 Å². The number of benzene rings is 2. The molecule has 4 aromatic rings.